The van der Waals surface area contributed by atoms with E-state index in [0.29, 0.717) is 0 Å². The smallest absolute Gasteiger partial charge is 0.330 e. The Morgan fingerprint density at radius 2 is 1.79 bits per heavy atom. The third-order valence-corrected chi connectivity index (χ3v) is 17.1. The monoisotopic (exact) mass is 570 g/mol. The first-order valence-corrected chi connectivity index (χ1v) is 18.3. The number of nitrogens with one attached hydrogen (secondary N) is 1. The molecule has 4 N–H and O–H groups in total. The first-order chi connectivity index (χ1) is 17.1. The van der Waals surface area contributed by atoms with Crippen molar-refractivity contribution in [2.24, 2.45) is 10.8 Å². The molecule has 1 aromatic heterocycles. The van der Waals surface area contributed by atoms with Gasteiger partial charge in [0.05, 0.1) is 6.61 Å². The van der Waals surface area contributed by atoms with E-state index in [4.69, 9.17) is 19.3 Å². The first kappa shape index (κ1) is 31.9. The number of nitrogens with two attached hydrogens (primary N) is 1. The normalized spacial score (nSPS) is 25.6. The summed E-state index contributed by atoms with van der Waals surface area (Å²) in [5, 5.41) is 15.3. The van der Waals surface area contributed by atoms with Gasteiger partial charge in [-0.3, -0.25) is 19.1 Å². The Labute approximate surface area is 224 Å². The Morgan fingerprint density at radius 3 is 2.24 bits per heavy atom. The predicted octanol–water partition coefficient (Wildman–Crippen LogP) is 2.74. The highest BCUT2D eigenvalue weighted by atomic mass is 28.4. The number of aromatic amines is 1. The average Bonchev–Trinajstić information content (AvgIpc) is 3.00. The Bertz CT molecular complexity index is 1190. The molecule has 5 atom stereocenters. The van der Waals surface area contributed by atoms with Crippen LogP contribution in [0.25, 0.3) is 10.4 Å². The van der Waals surface area contributed by atoms with Crippen molar-refractivity contribution in [1.29, 1.82) is 0 Å². The lowest BCUT2D eigenvalue weighted by Gasteiger charge is -2.45. The van der Waals surface area contributed by atoms with Gasteiger partial charge < -0.3 is 24.4 Å². The number of hydrogen-bond donors (Lipinski definition) is 3. The minimum absolute atomic E-state index is 0.191. The first-order valence-electron chi connectivity index (χ1n) is 12.4. The van der Waals surface area contributed by atoms with E-state index < -0.39 is 63.9 Å². The number of carbonyl (C=O) groups excluding carboxylic acids is 1. The molecule has 0 saturated carbocycles. The highest BCUT2D eigenvalue weighted by Crippen LogP contribution is 2.47. The van der Waals surface area contributed by atoms with Crippen molar-refractivity contribution in [3.05, 3.63) is 43.5 Å². The van der Waals surface area contributed by atoms with Crippen LogP contribution in [0.4, 0.5) is 0 Å². The molecule has 2 rings (SSSR count). The molecule has 1 aromatic rings. The number of carbonyl (C=O) groups is 1. The molecule has 15 heteroatoms. The summed E-state index contributed by atoms with van der Waals surface area (Å²) in [6.45, 7) is 19.7. The van der Waals surface area contributed by atoms with Crippen molar-refractivity contribution < 1.29 is 23.5 Å². The van der Waals surface area contributed by atoms with Gasteiger partial charge in [-0.25, -0.2) is 4.79 Å². The third-order valence-electron chi connectivity index (χ3n) is 8.16. The van der Waals surface area contributed by atoms with Gasteiger partial charge in [-0.15, -0.1) is 0 Å². The molecule has 1 aliphatic heterocycles. The lowest BCUT2D eigenvalue weighted by Crippen LogP contribution is -2.64. The number of primary amides is 1. The quantitative estimate of drug-likeness (QED) is 0.176. The van der Waals surface area contributed by atoms with Crippen molar-refractivity contribution in [1.82, 2.24) is 9.55 Å². The molecule has 2 heterocycles. The highest BCUT2D eigenvalue weighted by molar-refractivity contribution is 6.74. The van der Waals surface area contributed by atoms with Gasteiger partial charge in [0.2, 0.25) is 5.91 Å². The zero-order valence-electron chi connectivity index (χ0n) is 23.9. The molecule has 0 aromatic carbocycles. The summed E-state index contributed by atoms with van der Waals surface area (Å²) in [7, 11) is -5.12. The topological polar surface area (TPSA) is 195 Å². The minimum atomic E-state index is -2.73. The molecular formula is C23H42N6O7Si2. The van der Waals surface area contributed by atoms with E-state index in [0.717, 1.165) is 10.6 Å². The van der Waals surface area contributed by atoms with E-state index in [1.165, 1.54) is 6.20 Å². The number of aliphatic hydroxyl groups is 1. The fourth-order valence-corrected chi connectivity index (χ4v) is 5.97. The van der Waals surface area contributed by atoms with Crippen LogP contribution in [0.3, 0.4) is 0 Å². The number of hydrogen-bond acceptors (Lipinski definition) is 8. The van der Waals surface area contributed by atoms with Crippen LogP contribution in [0, 0.1) is 0 Å². The molecule has 1 fully saturated rings. The van der Waals surface area contributed by atoms with Crippen LogP contribution in [0.15, 0.2) is 27.0 Å². The molecule has 214 valence electrons. The molecule has 0 radical (unpaired) electrons. The van der Waals surface area contributed by atoms with Gasteiger partial charge in [0, 0.05) is 17.2 Å². The minimum Gasteiger partial charge on any atom is -0.414 e. The summed E-state index contributed by atoms with van der Waals surface area (Å²) in [4.78, 5) is 42.1. The second kappa shape index (κ2) is 10.7. The van der Waals surface area contributed by atoms with Gasteiger partial charge in [0.1, 0.15) is 23.9 Å². The van der Waals surface area contributed by atoms with Gasteiger partial charge in [-0.2, -0.15) is 0 Å². The molecular weight excluding hydrogens is 528 g/mol. The van der Waals surface area contributed by atoms with Crippen LogP contribution < -0.4 is 17.0 Å². The highest BCUT2D eigenvalue weighted by Gasteiger charge is 2.64. The van der Waals surface area contributed by atoms with Crippen LogP contribution in [0.2, 0.25) is 36.3 Å². The zero-order valence-corrected chi connectivity index (χ0v) is 25.9. The van der Waals surface area contributed by atoms with Gasteiger partial charge in [0.15, 0.2) is 22.9 Å². The number of aromatic nitrogens is 2. The summed E-state index contributed by atoms with van der Waals surface area (Å²) in [6.07, 6.45) is -2.75. The number of H-pyrrole nitrogens is 1. The molecule has 1 amide bonds. The molecule has 0 aliphatic carbocycles. The molecule has 13 nitrogen and oxygen atoms in total. The lowest BCUT2D eigenvalue weighted by atomic mass is 9.84. The van der Waals surface area contributed by atoms with Crippen molar-refractivity contribution in [2.45, 2.75) is 108 Å². The van der Waals surface area contributed by atoms with E-state index in [2.05, 4.69) is 15.0 Å². The number of ether oxygens (including phenoxy) is 1. The summed E-state index contributed by atoms with van der Waals surface area (Å²) in [5.74, 6) is -1.09. The van der Waals surface area contributed by atoms with Crippen LogP contribution in [-0.2, 0) is 18.4 Å². The average molecular weight is 571 g/mol. The van der Waals surface area contributed by atoms with Crippen molar-refractivity contribution >= 4 is 22.5 Å². The third kappa shape index (κ3) is 6.14. The maximum Gasteiger partial charge on any atom is 0.330 e. The van der Waals surface area contributed by atoms with E-state index in [1.54, 1.807) is 0 Å². The van der Waals surface area contributed by atoms with Crippen molar-refractivity contribution in [3.8, 4) is 0 Å². The Kier molecular flexibility index (Phi) is 9.01. The van der Waals surface area contributed by atoms with E-state index in [9.17, 15) is 25.0 Å². The molecule has 0 bridgehead atoms. The lowest BCUT2D eigenvalue weighted by molar-refractivity contribution is -0.138. The van der Waals surface area contributed by atoms with Crippen molar-refractivity contribution in [2.75, 3.05) is 6.61 Å². The maximum atomic E-state index is 12.8. The second-order valence-corrected chi connectivity index (χ2v) is 22.4. The molecule has 38 heavy (non-hydrogen) atoms. The number of nitrogens with zero attached hydrogens (tertiary/aromatic N) is 4. The molecule has 0 spiro atoms. The Hall–Kier alpha value is -2.27. The molecule has 1 aliphatic rings. The van der Waals surface area contributed by atoms with Gasteiger partial charge in [-0.1, -0.05) is 46.7 Å². The van der Waals surface area contributed by atoms with Crippen molar-refractivity contribution in [3.63, 3.8) is 0 Å². The van der Waals surface area contributed by atoms with E-state index in [1.807, 2.05) is 67.7 Å². The summed E-state index contributed by atoms with van der Waals surface area (Å²) in [6, 6.07) is -0.676. The molecule has 1 saturated heterocycles. The van der Waals surface area contributed by atoms with Crippen LogP contribution >= 0.6 is 0 Å². The van der Waals surface area contributed by atoms with Crippen LogP contribution in [0.5, 0.6) is 0 Å². The summed E-state index contributed by atoms with van der Waals surface area (Å²) < 4.78 is 20.3. The zero-order chi connectivity index (χ0) is 29.5. The van der Waals surface area contributed by atoms with Gasteiger partial charge >= 0.3 is 5.69 Å². The number of rotatable bonds is 9. The summed E-state index contributed by atoms with van der Waals surface area (Å²) in [5.41, 5.74) is 11.2. The fraction of sp³-hybridized carbons (Fsp3) is 0.783. The standard InChI is InChI=1S/C23H42N6O7Si2/c1-21(2,3)37(7,8)34-13-14-23(33,16(18(24)31)27-28-25)17(36-38(9,10)22(4,5)6)19(35-14)29-12-11-15(30)26-20(29)32/h11-12,14,16-17,19,33H,13H2,1-10H3,(H2,24,31)(H,26,30,32)/t14-,16?,17+,19-,23-/m1/s1. The number of amides is 1. The maximum absolute atomic E-state index is 12.8. The van der Waals surface area contributed by atoms with E-state index in [-0.39, 0.29) is 16.7 Å². The van der Waals surface area contributed by atoms with Crippen LogP contribution in [0.1, 0.15) is 47.8 Å². The largest absolute Gasteiger partial charge is 0.414 e. The summed E-state index contributed by atoms with van der Waals surface area (Å²) >= 11 is 0. The van der Waals surface area contributed by atoms with Gasteiger partial charge in [0.25, 0.3) is 5.56 Å². The second-order valence-electron chi connectivity index (χ2n) is 12.8. The van der Waals surface area contributed by atoms with Gasteiger partial charge in [-0.05, 0) is 41.8 Å². The molecule has 1 unspecified atom stereocenters. The Morgan fingerprint density at radius 1 is 1.24 bits per heavy atom. The van der Waals surface area contributed by atoms with E-state index >= 15 is 0 Å². The SMILES string of the molecule is CC(C)(C)[Si](C)(C)OC[C@H]1O[C@@H](n2ccc(=O)[nH]c2=O)[C@H](O[Si](C)(C)C(C)(C)C)[C@]1(O)C(N=[N+]=[N-])C(N)=O. The number of azide groups is 1. The predicted molar refractivity (Wildman–Crippen MR) is 148 cm³/mol. The fourth-order valence-electron chi connectivity index (χ4n) is 3.68. The Balaban J connectivity index is 2.80. The van der Waals surface area contributed by atoms with Crippen LogP contribution in [-0.4, -0.2) is 67.7 Å².